The van der Waals surface area contributed by atoms with Gasteiger partial charge in [0.05, 0.1) is 7.11 Å². The first kappa shape index (κ1) is 19.1. The highest BCUT2D eigenvalue weighted by atomic mass is 35.6. The minimum atomic E-state index is -1.74. The zero-order valence-corrected chi connectivity index (χ0v) is 12.9. The minimum Gasteiger partial charge on any atom is -0.469 e. The maximum absolute atomic E-state index is 11.2. The van der Waals surface area contributed by atoms with E-state index in [9.17, 15) is 14.4 Å². The van der Waals surface area contributed by atoms with Gasteiger partial charge in [-0.3, -0.25) is 4.79 Å². The average Bonchev–Trinajstić information content (AvgIpc) is 2.37. The zero-order chi connectivity index (χ0) is 15.6. The lowest BCUT2D eigenvalue weighted by Crippen LogP contribution is -2.30. The van der Waals surface area contributed by atoms with Crippen LogP contribution in [0.2, 0.25) is 0 Å². The smallest absolute Gasteiger partial charge is 0.440 e. The number of hydroxylamine groups is 1. The Balaban J connectivity index is 3.62. The predicted octanol–water partition coefficient (Wildman–Crippen LogP) is 2.27. The molecule has 7 nitrogen and oxygen atoms in total. The van der Waals surface area contributed by atoms with Crippen LogP contribution in [0.1, 0.15) is 25.7 Å². The Morgan fingerprint density at radius 2 is 1.60 bits per heavy atom. The molecule has 0 heterocycles. The van der Waals surface area contributed by atoms with Crippen LogP contribution in [0.15, 0.2) is 0 Å². The van der Waals surface area contributed by atoms with Gasteiger partial charge >= 0.3 is 18.0 Å². The molecule has 116 valence electrons. The molecule has 10 heteroatoms. The zero-order valence-electron chi connectivity index (χ0n) is 10.6. The first-order valence-corrected chi connectivity index (χ1v) is 6.64. The summed E-state index contributed by atoms with van der Waals surface area (Å²) in [6.45, 7) is -0.486. The molecule has 0 aliphatic rings. The number of amides is 1. The SMILES string of the molecule is COC(=O)CCCCC(=O)ONC(=O)OCC(Cl)(Cl)Cl. The second kappa shape index (κ2) is 9.90. The first-order chi connectivity index (χ1) is 9.24. The van der Waals surface area contributed by atoms with Crippen molar-refractivity contribution in [2.24, 2.45) is 0 Å². The number of unbranched alkanes of at least 4 members (excludes halogenated alkanes) is 1. The molecular weight excluding hydrogens is 336 g/mol. The number of esters is 1. The highest BCUT2D eigenvalue weighted by Crippen LogP contribution is 2.25. The van der Waals surface area contributed by atoms with Gasteiger partial charge in [0, 0.05) is 12.8 Å². The maximum Gasteiger partial charge on any atom is 0.440 e. The van der Waals surface area contributed by atoms with Crippen LogP contribution in [0, 0.1) is 0 Å². The lowest BCUT2D eigenvalue weighted by atomic mass is 10.2. The summed E-state index contributed by atoms with van der Waals surface area (Å²) in [7, 11) is 1.28. The third-order valence-corrected chi connectivity index (χ3v) is 2.18. The molecule has 0 fully saturated rings. The molecule has 0 aromatic heterocycles. The Kier molecular flexibility index (Phi) is 9.45. The van der Waals surface area contributed by atoms with Crippen LogP contribution < -0.4 is 5.48 Å². The molecular formula is C10H14Cl3NO6. The first-order valence-electron chi connectivity index (χ1n) is 5.50. The molecule has 0 bridgehead atoms. The number of nitrogens with one attached hydrogen (secondary N) is 1. The molecule has 0 atom stereocenters. The molecule has 0 unspecified atom stereocenters. The third kappa shape index (κ3) is 12.1. The monoisotopic (exact) mass is 349 g/mol. The molecule has 20 heavy (non-hydrogen) atoms. The van der Waals surface area contributed by atoms with Gasteiger partial charge in [-0.15, -0.1) is 5.48 Å². The number of alkyl halides is 3. The number of carbonyl (C=O) groups excluding carboxylic acids is 3. The van der Waals surface area contributed by atoms with Crippen molar-refractivity contribution >= 4 is 52.8 Å². The number of hydrogen-bond acceptors (Lipinski definition) is 6. The van der Waals surface area contributed by atoms with E-state index < -0.39 is 22.5 Å². The molecule has 0 aliphatic carbocycles. The Bertz CT molecular complexity index is 344. The van der Waals surface area contributed by atoms with Gasteiger partial charge in [0.25, 0.3) is 0 Å². The normalized spacial score (nSPS) is 10.6. The van der Waals surface area contributed by atoms with Crippen molar-refractivity contribution in [2.45, 2.75) is 29.5 Å². The van der Waals surface area contributed by atoms with Gasteiger partial charge in [-0.05, 0) is 12.8 Å². The summed E-state index contributed by atoms with van der Waals surface area (Å²) in [5, 5.41) is 0. The van der Waals surface area contributed by atoms with Crippen molar-refractivity contribution < 1.29 is 28.7 Å². The van der Waals surface area contributed by atoms with E-state index in [1.807, 2.05) is 0 Å². The largest absolute Gasteiger partial charge is 0.469 e. The van der Waals surface area contributed by atoms with Crippen LogP contribution in [0.3, 0.4) is 0 Å². The van der Waals surface area contributed by atoms with Gasteiger partial charge in [-0.2, -0.15) is 0 Å². The van der Waals surface area contributed by atoms with E-state index in [1.165, 1.54) is 7.11 Å². The molecule has 1 amide bonds. The quantitative estimate of drug-likeness (QED) is 0.260. The molecule has 0 rings (SSSR count). The van der Waals surface area contributed by atoms with Crippen LogP contribution in [0.25, 0.3) is 0 Å². The summed E-state index contributed by atoms with van der Waals surface area (Å²) in [6, 6.07) is 0. The van der Waals surface area contributed by atoms with E-state index in [1.54, 1.807) is 5.48 Å². The van der Waals surface area contributed by atoms with Gasteiger partial charge in [0.15, 0.2) is 0 Å². The Labute approximate surface area is 130 Å². The average molecular weight is 351 g/mol. The summed E-state index contributed by atoms with van der Waals surface area (Å²) < 4.78 is 7.13. The number of carbonyl (C=O) groups is 3. The van der Waals surface area contributed by atoms with Crippen LogP contribution in [0.4, 0.5) is 4.79 Å². The lowest BCUT2D eigenvalue weighted by molar-refractivity contribution is -0.150. The van der Waals surface area contributed by atoms with Gasteiger partial charge < -0.3 is 14.3 Å². The highest BCUT2D eigenvalue weighted by Gasteiger charge is 2.22. The fourth-order valence-corrected chi connectivity index (χ4v) is 1.13. The Morgan fingerprint density at radius 1 is 1.05 bits per heavy atom. The van der Waals surface area contributed by atoms with Gasteiger partial charge in [-0.25, -0.2) is 9.59 Å². The lowest BCUT2D eigenvalue weighted by Gasteiger charge is -2.11. The Morgan fingerprint density at radius 3 is 2.10 bits per heavy atom. The van der Waals surface area contributed by atoms with E-state index >= 15 is 0 Å². The van der Waals surface area contributed by atoms with E-state index in [0.717, 1.165) is 0 Å². The van der Waals surface area contributed by atoms with Crippen LogP contribution in [0.5, 0.6) is 0 Å². The van der Waals surface area contributed by atoms with E-state index in [2.05, 4.69) is 14.3 Å². The van der Waals surface area contributed by atoms with Crippen LogP contribution in [-0.2, 0) is 23.9 Å². The van der Waals surface area contributed by atoms with Crippen LogP contribution >= 0.6 is 34.8 Å². The molecule has 0 spiro atoms. The van der Waals surface area contributed by atoms with Crippen molar-refractivity contribution in [1.82, 2.24) is 5.48 Å². The fourth-order valence-electron chi connectivity index (χ4n) is 0.967. The predicted molar refractivity (Wildman–Crippen MR) is 71.3 cm³/mol. The summed E-state index contributed by atoms with van der Waals surface area (Å²) in [6.07, 6.45) is 0.0712. The molecule has 0 saturated carbocycles. The summed E-state index contributed by atoms with van der Waals surface area (Å²) >= 11 is 16.0. The van der Waals surface area contributed by atoms with Gasteiger partial charge in [-0.1, -0.05) is 34.8 Å². The van der Waals surface area contributed by atoms with E-state index in [-0.39, 0.29) is 18.8 Å². The number of ether oxygens (including phenoxy) is 2. The summed E-state index contributed by atoms with van der Waals surface area (Å²) in [4.78, 5) is 37.4. The molecule has 0 aromatic rings. The third-order valence-electron chi connectivity index (χ3n) is 1.85. The molecule has 0 saturated heterocycles. The van der Waals surface area contributed by atoms with Crippen molar-refractivity contribution in [2.75, 3.05) is 13.7 Å². The van der Waals surface area contributed by atoms with Gasteiger partial charge in [0.1, 0.15) is 6.61 Å². The van der Waals surface area contributed by atoms with Crippen molar-refractivity contribution in [3.63, 3.8) is 0 Å². The van der Waals surface area contributed by atoms with Crippen molar-refractivity contribution in [3.05, 3.63) is 0 Å². The molecule has 0 radical (unpaired) electrons. The summed E-state index contributed by atoms with van der Waals surface area (Å²) in [5.41, 5.74) is 1.74. The Hall–Kier alpha value is -0.920. The fraction of sp³-hybridized carbons (Fsp3) is 0.700. The standard InChI is InChI=1S/C10H14Cl3NO6/c1-18-7(15)4-2-3-5-8(16)20-14-9(17)19-6-10(11,12)13/h2-6H2,1H3,(H,14,17). The number of rotatable bonds is 6. The van der Waals surface area contributed by atoms with Crippen molar-refractivity contribution in [3.8, 4) is 0 Å². The highest BCUT2D eigenvalue weighted by molar-refractivity contribution is 6.67. The molecule has 0 aliphatic heterocycles. The van der Waals surface area contributed by atoms with Gasteiger partial charge in [0.2, 0.25) is 3.79 Å². The topological polar surface area (TPSA) is 90.9 Å². The van der Waals surface area contributed by atoms with E-state index in [0.29, 0.717) is 12.8 Å². The minimum absolute atomic E-state index is 0.0295. The molecule has 0 aromatic carbocycles. The molecule has 1 N–H and O–H groups in total. The number of halogens is 3. The number of hydrogen-bond donors (Lipinski definition) is 1. The number of methoxy groups -OCH3 is 1. The van der Waals surface area contributed by atoms with Crippen molar-refractivity contribution in [1.29, 1.82) is 0 Å². The maximum atomic E-state index is 11.2. The van der Waals surface area contributed by atoms with E-state index in [4.69, 9.17) is 34.8 Å². The second-order valence-electron chi connectivity index (χ2n) is 3.55. The second-order valence-corrected chi connectivity index (χ2v) is 6.07. The summed E-state index contributed by atoms with van der Waals surface area (Å²) in [5.74, 6) is -1.03. The van der Waals surface area contributed by atoms with Crippen LogP contribution in [-0.4, -0.2) is 35.5 Å².